The van der Waals surface area contributed by atoms with Crippen LogP contribution < -0.4 is 4.74 Å². The Kier molecular flexibility index (Phi) is 7.17. The molecule has 0 spiro atoms. The van der Waals surface area contributed by atoms with Gasteiger partial charge in [0.05, 0.1) is 24.6 Å². The molecular formula is C27H23F6N5O2. The molecule has 0 atom stereocenters. The van der Waals surface area contributed by atoms with Crippen molar-refractivity contribution in [2.75, 3.05) is 33.3 Å². The molecule has 2 aromatic heterocycles. The van der Waals surface area contributed by atoms with Crippen LogP contribution in [-0.4, -0.2) is 63.6 Å². The normalized spacial score (nSPS) is 15.0. The predicted molar refractivity (Wildman–Crippen MR) is 133 cm³/mol. The number of nitrogens with zero attached hydrogens (tertiary/aromatic N) is 5. The average molecular weight is 564 g/mol. The van der Waals surface area contributed by atoms with Crippen LogP contribution in [0.4, 0.5) is 26.3 Å². The standard InChI is InChI=1S/C27H23F6N5O2/c1-40-20-7-5-18(6-8-20)22-14-23(27(31,32)33)38-24(35-22)21(15-34-38)25(39)37-11-9-36(10-12-37)16-17-3-2-4-19(13-17)26(28,29)30/h2-8,13-15H,9-12,16H2,1H3. The van der Waals surface area contributed by atoms with Crippen molar-refractivity contribution in [1.82, 2.24) is 24.4 Å². The van der Waals surface area contributed by atoms with E-state index in [1.54, 1.807) is 30.3 Å². The van der Waals surface area contributed by atoms with Gasteiger partial charge in [-0.1, -0.05) is 18.2 Å². The first kappa shape index (κ1) is 27.4. The van der Waals surface area contributed by atoms with Crippen LogP contribution in [0.5, 0.6) is 5.75 Å². The van der Waals surface area contributed by atoms with E-state index >= 15 is 0 Å². The Hall–Kier alpha value is -4.13. The van der Waals surface area contributed by atoms with E-state index in [9.17, 15) is 31.1 Å². The van der Waals surface area contributed by atoms with E-state index in [1.165, 1.54) is 18.1 Å². The van der Waals surface area contributed by atoms with Crippen molar-refractivity contribution in [3.8, 4) is 17.0 Å². The molecule has 1 aliphatic heterocycles. The average Bonchev–Trinajstić information content (AvgIpc) is 3.36. The van der Waals surface area contributed by atoms with Gasteiger partial charge in [-0.25, -0.2) is 9.50 Å². The van der Waals surface area contributed by atoms with E-state index in [0.717, 1.165) is 24.4 Å². The molecule has 7 nitrogen and oxygen atoms in total. The van der Waals surface area contributed by atoms with Crippen LogP contribution in [-0.2, 0) is 18.9 Å². The summed E-state index contributed by atoms with van der Waals surface area (Å²) in [6.45, 7) is 1.49. The Morgan fingerprint density at radius 2 is 1.62 bits per heavy atom. The monoisotopic (exact) mass is 563 g/mol. The Balaban J connectivity index is 1.37. The lowest BCUT2D eigenvalue weighted by Gasteiger charge is -2.34. The molecule has 1 fully saturated rings. The molecule has 3 heterocycles. The third-order valence-corrected chi connectivity index (χ3v) is 6.70. The minimum atomic E-state index is -4.76. The van der Waals surface area contributed by atoms with Crippen LogP contribution in [0.3, 0.4) is 0 Å². The van der Waals surface area contributed by atoms with Gasteiger partial charge in [0.1, 0.15) is 11.3 Å². The van der Waals surface area contributed by atoms with Crippen LogP contribution in [0.25, 0.3) is 16.9 Å². The minimum absolute atomic E-state index is 0.0166. The first-order valence-corrected chi connectivity index (χ1v) is 12.2. The van der Waals surface area contributed by atoms with Gasteiger partial charge in [-0.15, -0.1) is 0 Å². The molecule has 0 radical (unpaired) electrons. The summed E-state index contributed by atoms with van der Waals surface area (Å²) in [5.41, 5.74) is -1.20. The molecule has 0 saturated carbocycles. The number of fused-ring (bicyclic) bond motifs is 1. The number of methoxy groups -OCH3 is 1. The van der Waals surface area contributed by atoms with E-state index < -0.39 is 29.5 Å². The molecule has 0 aliphatic carbocycles. The number of alkyl halides is 6. The molecule has 2 aromatic carbocycles. The largest absolute Gasteiger partial charge is 0.497 e. The highest BCUT2D eigenvalue weighted by molar-refractivity contribution is 6.00. The highest BCUT2D eigenvalue weighted by atomic mass is 19.4. The van der Waals surface area contributed by atoms with E-state index in [-0.39, 0.29) is 36.5 Å². The molecule has 40 heavy (non-hydrogen) atoms. The lowest BCUT2D eigenvalue weighted by Crippen LogP contribution is -2.48. The molecule has 0 bridgehead atoms. The Bertz CT molecular complexity index is 1520. The highest BCUT2D eigenvalue weighted by Gasteiger charge is 2.37. The fourth-order valence-electron chi connectivity index (χ4n) is 4.61. The Morgan fingerprint density at radius 1 is 0.925 bits per heavy atom. The van der Waals surface area contributed by atoms with Crippen LogP contribution in [0, 0.1) is 0 Å². The first-order valence-electron chi connectivity index (χ1n) is 12.2. The SMILES string of the molecule is COc1ccc(-c2cc(C(F)(F)F)n3ncc(C(=O)N4CCN(Cc5cccc(C(F)(F)F)c5)CC4)c3n2)cc1. The van der Waals surface area contributed by atoms with Crippen molar-refractivity contribution in [2.24, 2.45) is 0 Å². The lowest BCUT2D eigenvalue weighted by atomic mass is 10.1. The second-order valence-corrected chi connectivity index (χ2v) is 9.31. The maximum Gasteiger partial charge on any atom is 0.433 e. The van der Waals surface area contributed by atoms with Gasteiger partial charge in [-0.05, 0) is 42.0 Å². The van der Waals surface area contributed by atoms with Crippen LogP contribution in [0.2, 0.25) is 0 Å². The van der Waals surface area contributed by atoms with Crippen molar-refractivity contribution in [1.29, 1.82) is 0 Å². The third kappa shape index (κ3) is 5.60. The second-order valence-electron chi connectivity index (χ2n) is 9.31. The van der Waals surface area contributed by atoms with Crippen LogP contribution in [0.1, 0.15) is 27.2 Å². The van der Waals surface area contributed by atoms with Gasteiger partial charge >= 0.3 is 12.4 Å². The molecule has 5 rings (SSSR count). The van der Waals surface area contributed by atoms with Gasteiger partial charge in [0.2, 0.25) is 0 Å². The number of halogens is 6. The summed E-state index contributed by atoms with van der Waals surface area (Å²) in [5.74, 6) is -0.00508. The number of hydrogen-bond acceptors (Lipinski definition) is 5. The zero-order chi connectivity index (χ0) is 28.7. The van der Waals surface area contributed by atoms with Crippen molar-refractivity contribution >= 4 is 11.6 Å². The predicted octanol–water partition coefficient (Wildman–Crippen LogP) is 5.40. The third-order valence-electron chi connectivity index (χ3n) is 6.70. The summed E-state index contributed by atoms with van der Waals surface area (Å²) >= 11 is 0. The van der Waals surface area contributed by atoms with Crippen molar-refractivity contribution in [3.05, 3.63) is 83.2 Å². The second kappa shape index (κ2) is 10.5. The molecule has 210 valence electrons. The van der Waals surface area contributed by atoms with Crippen molar-refractivity contribution < 1.29 is 35.9 Å². The maximum atomic E-state index is 13.9. The maximum absolute atomic E-state index is 13.9. The highest BCUT2D eigenvalue weighted by Crippen LogP contribution is 2.34. The van der Waals surface area contributed by atoms with Crippen molar-refractivity contribution in [2.45, 2.75) is 18.9 Å². The smallest absolute Gasteiger partial charge is 0.433 e. The van der Waals surface area contributed by atoms with Crippen molar-refractivity contribution in [3.63, 3.8) is 0 Å². The first-order chi connectivity index (χ1) is 18.9. The lowest BCUT2D eigenvalue weighted by molar-refractivity contribution is -0.142. The summed E-state index contributed by atoms with van der Waals surface area (Å²) in [7, 11) is 1.47. The van der Waals surface area contributed by atoms with Gasteiger partial charge < -0.3 is 9.64 Å². The zero-order valence-corrected chi connectivity index (χ0v) is 21.1. The van der Waals surface area contributed by atoms with Gasteiger partial charge in [0.25, 0.3) is 5.91 Å². The summed E-state index contributed by atoms with van der Waals surface area (Å²) in [4.78, 5) is 21.1. The van der Waals surface area contributed by atoms with Crippen LogP contribution >= 0.6 is 0 Å². The number of aromatic nitrogens is 3. The number of piperazine rings is 1. The number of amides is 1. The molecule has 13 heteroatoms. The summed E-state index contributed by atoms with van der Waals surface area (Å²) in [6, 6.07) is 12.3. The molecular weight excluding hydrogens is 540 g/mol. The summed E-state index contributed by atoms with van der Waals surface area (Å²) < 4.78 is 86.6. The number of benzene rings is 2. The number of ether oxygens (including phenoxy) is 1. The minimum Gasteiger partial charge on any atom is -0.497 e. The number of rotatable bonds is 5. The summed E-state index contributed by atoms with van der Waals surface area (Å²) in [6.07, 6.45) is -8.13. The van der Waals surface area contributed by atoms with Crippen LogP contribution in [0.15, 0.2) is 60.8 Å². The van der Waals surface area contributed by atoms with Gasteiger partial charge in [-0.2, -0.15) is 31.4 Å². The molecule has 0 unspecified atom stereocenters. The molecule has 1 saturated heterocycles. The van der Waals surface area contributed by atoms with Gasteiger partial charge in [0, 0.05) is 38.3 Å². The Morgan fingerprint density at radius 3 is 2.25 bits per heavy atom. The number of hydrogen-bond donors (Lipinski definition) is 0. The van der Waals surface area contributed by atoms with E-state index in [0.29, 0.717) is 34.5 Å². The number of carbonyl (C=O) groups excluding carboxylic acids is 1. The molecule has 0 N–H and O–H groups in total. The summed E-state index contributed by atoms with van der Waals surface area (Å²) in [5, 5.41) is 3.83. The molecule has 1 amide bonds. The Labute approximate surface area is 224 Å². The molecule has 4 aromatic rings. The fourth-order valence-corrected chi connectivity index (χ4v) is 4.61. The quantitative estimate of drug-likeness (QED) is 0.305. The molecule has 1 aliphatic rings. The van der Waals surface area contributed by atoms with E-state index in [1.807, 2.05) is 4.90 Å². The topological polar surface area (TPSA) is 63.0 Å². The number of carbonyl (C=O) groups is 1. The zero-order valence-electron chi connectivity index (χ0n) is 21.1. The van der Waals surface area contributed by atoms with Gasteiger partial charge in [-0.3, -0.25) is 9.69 Å². The fraction of sp³-hybridized carbons (Fsp3) is 0.296. The van der Waals surface area contributed by atoms with Gasteiger partial charge in [0.15, 0.2) is 11.3 Å². The van der Waals surface area contributed by atoms with E-state index in [2.05, 4.69) is 10.1 Å². The van der Waals surface area contributed by atoms with E-state index in [4.69, 9.17) is 4.74 Å².